The molecule has 2 fully saturated rings. The fourth-order valence-corrected chi connectivity index (χ4v) is 3.30. The van der Waals surface area contributed by atoms with Crippen LogP contribution in [0.1, 0.15) is 24.9 Å². The van der Waals surface area contributed by atoms with E-state index in [0.29, 0.717) is 6.61 Å². The molecule has 3 rings (SSSR count). The Morgan fingerprint density at radius 1 is 1.48 bits per heavy atom. The topological polar surface area (TPSA) is 41.6 Å². The van der Waals surface area contributed by atoms with Gasteiger partial charge in [0.1, 0.15) is 0 Å². The first-order valence-electron chi connectivity index (χ1n) is 7.59. The number of benzene rings is 1. The number of piperazine rings is 1. The molecule has 1 aliphatic carbocycles. The van der Waals surface area contributed by atoms with Crippen LogP contribution < -0.4 is 5.32 Å². The van der Waals surface area contributed by atoms with Crippen molar-refractivity contribution < 1.29 is 9.53 Å². The highest BCUT2D eigenvalue weighted by Gasteiger charge is 2.47. The average Bonchev–Trinajstić information content (AvgIpc) is 3.27. The van der Waals surface area contributed by atoms with Gasteiger partial charge in [0.05, 0.1) is 18.1 Å². The molecule has 1 N–H and O–H groups in total. The summed E-state index contributed by atoms with van der Waals surface area (Å²) in [6, 6.07) is 7.79. The van der Waals surface area contributed by atoms with Crippen LogP contribution in [-0.4, -0.2) is 43.2 Å². The van der Waals surface area contributed by atoms with E-state index in [0.717, 1.165) is 36.6 Å². The fraction of sp³-hybridized carbons (Fsp3) is 0.562. The number of nitrogens with one attached hydrogen (secondary N) is 1. The summed E-state index contributed by atoms with van der Waals surface area (Å²) >= 11 is 6.31. The number of nitrogens with zero attached hydrogens (tertiary/aromatic N) is 1. The molecule has 1 amide bonds. The molecule has 1 saturated heterocycles. The average molecular weight is 309 g/mol. The SMILES string of the molecule is CCOC1CC1C(=O)N1CCNCC1c1ccccc1Cl. The molecular weight excluding hydrogens is 288 g/mol. The van der Waals surface area contributed by atoms with Crippen molar-refractivity contribution in [2.75, 3.05) is 26.2 Å². The Kier molecular flexibility index (Phi) is 4.48. The molecule has 0 radical (unpaired) electrons. The second-order valence-electron chi connectivity index (χ2n) is 5.61. The number of halogens is 1. The van der Waals surface area contributed by atoms with Gasteiger partial charge in [-0.25, -0.2) is 0 Å². The van der Waals surface area contributed by atoms with Crippen molar-refractivity contribution in [1.82, 2.24) is 10.2 Å². The lowest BCUT2D eigenvalue weighted by molar-refractivity contribution is -0.137. The summed E-state index contributed by atoms with van der Waals surface area (Å²) in [6.07, 6.45) is 0.968. The van der Waals surface area contributed by atoms with Gasteiger partial charge in [-0.1, -0.05) is 29.8 Å². The van der Waals surface area contributed by atoms with Crippen LogP contribution >= 0.6 is 11.6 Å². The third kappa shape index (κ3) is 3.07. The lowest BCUT2D eigenvalue weighted by Gasteiger charge is -2.37. The van der Waals surface area contributed by atoms with Gasteiger partial charge in [0.25, 0.3) is 0 Å². The first kappa shape index (κ1) is 14.8. The van der Waals surface area contributed by atoms with Crippen LogP contribution in [0.3, 0.4) is 0 Å². The van der Waals surface area contributed by atoms with Crippen molar-refractivity contribution in [3.63, 3.8) is 0 Å². The zero-order valence-electron chi connectivity index (χ0n) is 12.2. The molecule has 3 atom stereocenters. The number of carbonyl (C=O) groups excluding carboxylic acids is 1. The number of carbonyl (C=O) groups is 1. The van der Waals surface area contributed by atoms with Gasteiger partial charge >= 0.3 is 0 Å². The van der Waals surface area contributed by atoms with Gasteiger partial charge in [-0.3, -0.25) is 4.79 Å². The van der Waals surface area contributed by atoms with Gasteiger partial charge in [-0.2, -0.15) is 0 Å². The third-order valence-corrected chi connectivity index (χ3v) is 4.56. The van der Waals surface area contributed by atoms with Crippen LogP contribution in [0.2, 0.25) is 5.02 Å². The highest BCUT2D eigenvalue weighted by atomic mass is 35.5. The summed E-state index contributed by atoms with van der Waals surface area (Å²) in [7, 11) is 0. The monoisotopic (exact) mass is 308 g/mol. The maximum atomic E-state index is 12.7. The van der Waals surface area contributed by atoms with E-state index < -0.39 is 0 Å². The Balaban J connectivity index is 1.76. The lowest BCUT2D eigenvalue weighted by Crippen LogP contribution is -2.49. The van der Waals surface area contributed by atoms with E-state index >= 15 is 0 Å². The Morgan fingerprint density at radius 3 is 3.05 bits per heavy atom. The van der Waals surface area contributed by atoms with Crippen LogP contribution in [0.15, 0.2) is 24.3 Å². The van der Waals surface area contributed by atoms with Crippen molar-refractivity contribution in [2.45, 2.75) is 25.5 Å². The van der Waals surface area contributed by atoms with Crippen molar-refractivity contribution >= 4 is 17.5 Å². The maximum absolute atomic E-state index is 12.7. The van der Waals surface area contributed by atoms with Crippen LogP contribution in [0.4, 0.5) is 0 Å². The highest BCUT2D eigenvalue weighted by molar-refractivity contribution is 6.31. The summed E-state index contributed by atoms with van der Waals surface area (Å²) in [5.74, 6) is 0.243. The van der Waals surface area contributed by atoms with Gasteiger partial charge < -0.3 is 15.0 Å². The lowest BCUT2D eigenvalue weighted by atomic mass is 10.0. The molecule has 1 saturated carbocycles. The molecule has 0 bridgehead atoms. The van der Waals surface area contributed by atoms with Crippen LogP contribution in [0.25, 0.3) is 0 Å². The molecule has 4 nitrogen and oxygen atoms in total. The van der Waals surface area contributed by atoms with Crippen LogP contribution in [-0.2, 0) is 9.53 Å². The van der Waals surface area contributed by atoms with Gasteiger partial charge in [0.15, 0.2) is 0 Å². The Hall–Kier alpha value is -1.10. The highest BCUT2D eigenvalue weighted by Crippen LogP contribution is 2.38. The minimum atomic E-state index is 0.0165. The molecule has 1 heterocycles. The fourth-order valence-electron chi connectivity index (χ4n) is 3.03. The van der Waals surface area contributed by atoms with Gasteiger partial charge in [-0.05, 0) is 25.0 Å². The number of ether oxygens (including phenoxy) is 1. The van der Waals surface area contributed by atoms with Crippen LogP contribution in [0, 0.1) is 5.92 Å². The normalized spacial score (nSPS) is 28.5. The Morgan fingerprint density at radius 2 is 2.29 bits per heavy atom. The van der Waals surface area contributed by atoms with Gasteiger partial charge in [0.2, 0.25) is 5.91 Å². The van der Waals surface area contributed by atoms with E-state index in [9.17, 15) is 4.79 Å². The maximum Gasteiger partial charge on any atom is 0.229 e. The van der Waals surface area contributed by atoms with E-state index in [-0.39, 0.29) is 24.0 Å². The molecule has 1 aromatic rings. The zero-order valence-corrected chi connectivity index (χ0v) is 13.0. The first-order chi connectivity index (χ1) is 10.2. The largest absolute Gasteiger partial charge is 0.378 e. The first-order valence-corrected chi connectivity index (χ1v) is 7.97. The standard InChI is InChI=1S/C16H21ClN2O2/c1-2-21-15-9-12(15)16(20)19-8-7-18-10-14(19)11-5-3-4-6-13(11)17/h3-6,12,14-15,18H,2,7-10H2,1H3. The second kappa shape index (κ2) is 6.34. The molecule has 3 unspecified atom stereocenters. The van der Waals surface area contributed by atoms with E-state index in [1.54, 1.807) is 0 Å². The molecule has 21 heavy (non-hydrogen) atoms. The number of amides is 1. The zero-order chi connectivity index (χ0) is 14.8. The van der Waals surface area contributed by atoms with E-state index in [2.05, 4.69) is 5.32 Å². The predicted octanol–water partition coefficient (Wildman–Crippen LogP) is 2.24. The van der Waals surface area contributed by atoms with Crippen molar-refractivity contribution in [3.8, 4) is 0 Å². The molecule has 0 spiro atoms. The quantitative estimate of drug-likeness (QED) is 0.927. The smallest absolute Gasteiger partial charge is 0.229 e. The van der Waals surface area contributed by atoms with E-state index in [1.807, 2.05) is 36.1 Å². The molecule has 1 aliphatic heterocycles. The van der Waals surface area contributed by atoms with E-state index in [1.165, 1.54) is 0 Å². The number of hydrogen-bond donors (Lipinski definition) is 1. The van der Waals surface area contributed by atoms with Crippen molar-refractivity contribution in [2.24, 2.45) is 5.92 Å². The summed E-state index contributed by atoms with van der Waals surface area (Å²) in [6.45, 7) is 4.95. The number of hydrogen-bond acceptors (Lipinski definition) is 3. The van der Waals surface area contributed by atoms with Crippen LogP contribution in [0.5, 0.6) is 0 Å². The molecule has 0 aromatic heterocycles. The molecule has 114 valence electrons. The summed E-state index contributed by atoms with van der Waals surface area (Å²) < 4.78 is 5.55. The van der Waals surface area contributed by atoms with Crippen molar-refractivity contribution in [3.05, 3.63) is 34.9 Å². The minimum absolute atomic E-state index is 0.0165. The summed E-state index contributed by atoms with van der Waals surface area (Å²) in [5.41, 5.74) is 1.02. The Bertz CT molecular complexity index is 523. The minimum Gasteiger partial charge on any atom is -0.378 e. The van der Waals surface area contributed by atoms with Gasteiger partial charge in [0, 0.05) is 31.3 Å². The van der Waals surface area contributed by atoms with Gasteiger partial charge in [-0.15, -0.1) is 0 Å². The third-order valence-electron chi connectivity index (χ3n) is 4.22. The number of rotatable bonds is 4. The van der Waals surface area contributed by atoms with E-state index in [4.69, 9.17) is 16.3 Å². The molecule has 5 heteroatoms. The molecule has 1 aromatic carbocycles. The molecular formula is C16H21ClN2O2. The second-order valence-corrected chi connectivity index (χ2v) is 6.02. The summed E-state index contributed by atoms with van der Waals surface area (Å²) in [4.78, 5) is 14.7. The van der Waals surface area contributed by atoms with Crippen molar-refractivity contribution in [1.29, 1.82) is 0 Å². The summed E-state index contributed by atoms with van der Waals surface area (Å²) in [5, 5.41) is 4.08. The molecule has 2 aliphatic rings. The Labute approximate surface area is 130 Å². The predicted molar refractivity (Wildman–Crippen MR) is 82.3 cm³/mol.